The summed E-state index contributed by atoms with van der Waals surface area (Å²) in [7, 11) is 2.72. The van der Waals surface area contributed by atoms with E-state index < -0.39 is 12.0 Å². The number of nitrogens with two attached hydrogens (primary N) is 1. The fourth-order valence-corrected chi connectivity index (χ4v) is 6.19. The molecule has 1 aromatic heterocycles. The van der Waals surface area contributed by atoms with Gasteiger partial charge in [0.15, 0.2) is 0 Å². The number of likely N-dealkylation sites (tertiary alicyclic amines) is 1. The lowest BCUT2D eigenvalue weighted by Gasteiger charge is -2.28. The Morgan fingerprint density at radius 1 is 1.16 bits per heavy atom. The highest BCUT2D eigenvalue weighted by Gasteiger charge is 2.44. The van der Waals surface area contributed by atoms with Crippen LogP contribution < -0.4 is 16.4 Å². The Balaban J connectivity index is 0.000000233. The number of amidine groups is 1. The van der Waals surface area contributed by atoms with Gasteiger partial charge in [-0.25, -0.2) is 0 Å². The number of aliphatic hydroxyl groups is 1. The van der Waals surface area contributed by atoms with Gasteiger partial charge in [0.05, 0.1) is 12.6 Å². The molecule has 1 aliphatic carbocycles. The minimum Gasteiger partial charge on any atom is -0.400 e. The van der Waals surface area contributed by atoms with Gasteiger partial charge in [0.25, 0.3) is 5.92 Å². The first-order valence-corrected chi connectivity index (χ1v) is 14.6. The number of hydrogen-bond acceptors (Lipinski definition) is 7. The average Bonchev–Trinajstić information content (AvgIpc) is 3.70. The summed E-state index contributed by atoms with van der Waals surface area (Å²) in [5.41, 5.74) is 7.50. The van der Waals surface area contributed by atoms with Crippen molar-refractivity contribution in [3.05, 3.63) is 81.0 Å². The standard InChI is InChI=1S/C16H25N5O2S.C14H8F2O.CH4O/c1-9-4-5-12(21(9)14(22)7-19-3)16(23)20-10(2)13-6-11(8-24-13)15(17)18;15-14(16)12-4-2-1-3-10(12)11-7-9(8-17)5-6-13(11)14;1-2/h6,8-10,12,19H,4-5,7H2,1-3H3,(H3,17,18)(H,20,23);1-8H;2H,1H3/t9?,10-,12?;;/m1../s1. The number of amides is 2. The molecule has 6 N–H and O–H groups in total. The fraction of sp³-hybridized carbons (Fsp3) is 0.355. The summed E-state index contributed by atoms with van der Waals surface area (Å²) in [6.07, 6.45) is 2.17. The van der Waals surface area contributed by atoms with Crippen LogP contribution >= 0.6 is 11.3 Å². The number of halogens is 2. The first-order chi connectivity index (χ1) is 20.5. The largest absolute Gasteiger partial charge is 0.400 e. The Labute approximate surface area is 253 Å². The molecule has 1 aliphatic heterocycles. The van der Waals surface area contributed by atoms with Crippen LogP contribution in [0.1, 0.15) is 64.7 Å². The second-order valence-corrected chi connectivity index (χ2v) is 11.1. The predicted molar refractivity (Wildman–Crippen MR) is 164 cm³/mol. The SMILES string of the molecule is CNCC(=O)N1C(C)CCC1C(=O)N[C@H](C)c1cc(C(=N)N)cs1.CO.O=Cc1ccc2c(c1)-c1ccccc1C2(F)F. The number of alkyl halides is 2. The molecule has 230 valence electrons. The number of nitrogens with one attached hydrogen (secondary N) is 3. The number of aliphatic hydroxyl groups excluding tert-OH is 1. The molecule has 2 heterocycles. The van der Waals surface area contributed by atoms with Gasteiger partial charge in [-0.2, -0.15) is 8.78 Å². The van der Waals surface area contributed by atoms with E-state index in [1.54, 1.807) is 35.5 Å². The van der Waals surface area contributed by atoms with Gasteiger partial charge >= 0.3 is 0 Å². The van der Waals surface area contributed by atoms with E-state index in [9.17, 15) is 23.2 Å². The van der Waals surface area contributed by atoms with Crippen molar-refractivity contribution >= 4 is 35.3 Å². The van der Waals surface area contributed by atoms with Crippen molar-refractivity contribution in [1.82, 2.24) is 15.5 Å². The summed E-state index contributed by atoms with van der Waals surface area (Å²) in [5.74, 6) is -3.13. The van der Waals surface area contributed by atoms with Gasteiger partial charge < -0.3 is 26.4 Å². The highest BCUT2D eigenvalue weighted by atomic mass is 32.1. The number of likely N-dealkylation sites (N-methyl/N-ethyl adjacent to an activating group) is 1. The molecule has 2 unspecified atom stereocenters. The summed E-state index contributed by atoms with van der Waals surface area (Å²) < 4.78 is 28.2. The van der Waals surface area contributed by atoms with Crippen molar-refractivity contribution in [2.75, 3.05) is 20.7 Å². The second kappa shape index (κ2) is 14.5. The topological polar surface area (TPSA) is 149 Å². The molecule has 43 heavy (non-hydrogen) atoms. The Morgan fingerprint density at radius 3 is 2.47 bits per heavy atom. The van der Waals surface area contributed by atoms with Gasteiger partial charge in [0, 0.05) is 45.7 Å². The zero-order chi connectivity index (χ0) is 31.9. The Morgan fingerprint density at radius 2 is 1.84 bits per heavy atom. The number of carbonyl (C=O) groups excluding carboxylic acids is 3. The van der Waals surface area contributed by atoms with Gasteiger partial charge in [-0.05, 0) is 57.0 Å². The summed E-state index contributed by atoms with van der Waals surface area (Å²) in [5, 5.41) is 22.1. The molecule has 5 rings (SSSR count). The van der Waals surface area contributed by atoms with E-state index in [0.29, 0.717) is 35.0 Å². The molecular weight excluding hydrogens is 576 g/mol. The first kappa shape index (κ1) is 33.5. The average molecular weight is 614 g/mol. The number of fused-ring (bicyclic) bond motifs is 3. The van der Waals surface area contributed by atoms with Crippen LogP contribution in [-0.4, -0.2) is 66.7 Å². The normalized spacial score (nSPS) is 18.2. The molecule has 3 aromatic rings. The first-order valence-electron chi connectivity index (χ1n) is 13.7. The second-order valence-electron chi connectivity index (χ2n) is 10.2. The summed E-state index contributed by atoms with van der Waals surface area (Å²) in [6.45, 7) is 4.10. The van der Waals surface area contributed by atoms with Gasteiger partial charge in [0.2, 0.25) is 11.8 Å². The lowest BCUT2D eigenvalue weighted by molar-refractivity contribution is -0.139. The van der Waals surface area contributed by atoms with Crippen molar-refractivity contribution in [3.8, 4) is 11.1 Å². The van der Waals surface area contributed by atoms with E-state index in [1.807, 2.05) is 19.9 Å². The van der Waals surface area contributed by atoms with Crippen LogP contribution in [0.3, 0.4) is 0 Å². The van der Waals surface area contributed by atoms with Crippen LogP contribution in [0.15, 0.2) is 53.9 Å². The minimum atomic E-state index is -2.96. The number of thiophene rings is 1. The van der Waals surface area contributed by atoms with Crippen molar-refractivity contribution in [2.45, 2.75) is 50.7 Å². The lowest BCUT2D eigenvalue weighted by atomic mass is 10.0. The molecule has 2 aliphatic rings. The monoisotopic (exact) mass is 613 g/mol. The highest BCUT2D eigenvalue weighted by molar-refractivity contribution is 7.10. The molecule has 0 radical (unpaired) electrons. The number of nitrogen functional groups attached to an aromatic ring is 1. The smallest absolute Gasteiger partial charge is 0.299 e. The van der Waals surface area contributed by atoms with E-state index in [0.717, 1.165) is 18.4 Å². The maximum atomic E-state index is 14.1. The van der Waals surface area contributed by atoms with Crippen LogP contribution in [0, 0.1) is 5.41 Å². The maximum Gasteiger partial charge on any atom is 0.299 e. The van der Waals surface area contributed by atoms with Crippen molar-refractivity contribution in [2.24, 2.45) is 5.73 Å². The van der Waals surface area contributed by atoms with Crippen LogP contribution in [0.2, 0.25) is 0 Å². The molecule has 0 spiro atoms. The molecule has 1 saturated heterocycles. The lowest BCUT2D eigenvalue weighted by Crippen LogP contribution is -2.50. The van der Waals surface area contributed by atoms with Crippen LogP contribution in [-0.2, 0) is 15.5 Å². The predicted octanol–water partition coefficient (Wildman–Crippen LogP) is 4.04. The molecule has 0 saturated carbocycles. The van der Waals surface area contributed by atoms with Crippen molar-refractivity contribution in [3.63, 3.8) is 0 Å². The molecule has 2 amide bonds. The van der Waals surface area contributed by atoms with E-state index in [4.69, 9.17) is 16.2 Å². The molecule has 3 atom stereocenters. The summed E-state index contributed by atoms with van der Waals surface area (Å²) >= 11 is 1.46. The van der Waals surface area contributed by atoms with E-state index in [-0.39, 0.29) is 47.4 Å². The van der Waals surface area contributed by atoms with Gasteiger partial charge in [-0.1, -0.05) is 36.4 Å². The number of hydrogen-bond donors (Lipinski definition) is 5. The third kappa shape index (κ3) is 7.15. The van der Waals surface area contributed by atoms with E-state index >= 15 is 0 Å². The quantitative estimate of drug-likeness (QED) is 0.154. The summed E-state index contributed by atoms with van der Waals surface area (Å²) in [6, 6.07) is 12.0. The number of nitrogens with zero attached hydrogens (tertiary/aromatic N) is 1. The van der Waals surface area contributed by atoms with Gasteiger partial charge in [0.1, 0.15) is 18.2 Å². The fourth-order valence-electron chi connectivity index (χ4n) is 5.27. The van der Waals surface area contributed by atoms with Crippen LogP contribution in [0.4, 0.5) is 8.78 Å². The number of benzene rings is 2. The molecule has 1 fully saturated rings. The number of rotatable bonds is 7. The van der Waals surface area contributed by atoms with Gasteiger partial charge in [-0.3, -0.25) is 19.8 Å². The number of aldehydes is 1. The van der Waals surface area contributed by atoms with Crippen LogP contribution in [0.5, 0.6) is 0 Å². The Kier molecular flexibility index (Phi) is 11.3. The Bertz CT molecular complexity index is 1480. The summed E-state index contributed by atoms with van der Waals surface area (Å²) in [4.78, 5) is 38.2. The third-order valence-corrected chi connectivity index (χ3v) is 8.49. The molecule has 12 heteroatoms. The number of carbonyl (C=O) groups is 3. The van der Waals surface area contributed by atoms with Crippen molar-refractivity contribution < 1.29 is 28.3 Å². The van der Waals surface area contributed by atoms with Gasteiger partial charge in [-0.15, -0.1) is 11.3 Å². The highest BCUT2D eigenvalue weighted by Crippen LogP contribution is 2.50. The zero-order valence-electron chi connectivity index (χ0n) is 24.5. The molecule has 2 aromatic carbocycles. The zero-order valence-corrected chi connectivity index (χ0v) is 25.3. The van der Waals surface area contributed by atoms with E-state index in [2.05, 4.69) is 10.6 Å². The maximum absolute atomic E-state index is 14.1. The minimum absolute atomic E-state index is 0.0121. The van der Waals surface area contributed by atoms with Crippen molar-refractivity contribution in [1.29, 1.82) is 5.41 Å². The van der Waals surface area contributed by atoms with E-state index in [1.165, 1.54) is 35.6 Å². The third-order valence-electron chi connectivity index (χ3n) is 7.38. The molecule has 9 nitrogen and oxygen atoms in total. The molecular formula is C31H37F2N5O4S. The Hall–Kier alpha value is -4.00. The molecule has 0 bridgehead atoms. The van der Waals surface area contributed by atoms with Crippen LogP contribution in [0.25, 0.3) is 11.1 Å².